The van der Waals surface area contributed by atoms with E-state index in [4.69, 9.17) is 4.98 Å². The summed E-state index contributed by atoms with van der Waals surface area (Å²) in [5, 5.41) is 4.59. The maximum absolute atomic E-state index is 4.73. The molecule has 0 saturated heterocycles. The Morgan fingerprint density at radius 1 is 1.19 bits per heavy atom. The number of anilines is 1. The highest BCUT2D eigenvalue weighted by Crippen LogP contribution is 2.28. The van der Waals surface area contributed by atoms with Gasteiger partial charge in [-0.3, -0.25) is 0 Å². The molecule has 90 valence electrons. The fourth-order valence-corrected chi connectivity index (χ4v) is 3.13. The summed E-state index contributed by atoms with van der Waals surface area (Å²) < 4.78 is 0. The number of thiazole rings is 1. The first kappa shape index (κ1) is 11.9. The maximum atomic E-state index is 4.73. The van der Waals surface area contributed by atoms with Gasteiger partial charge in [0.1, 0.15) is 0 Å². The van der Waals surface area contributed by atoms with Crippen molar-refractivity contribution in [3.8, 4) is 0 Å². The van der Waals surface area contributed by atoms with Crippen molar-refractivity contribution in [2.24, 2.45) is 5.92 Å². The minimum absolute atomic E-state index is 0.687. The molecule has 0 aromatic carbocycles. The standard InChI is InChI=1S/C13H22N2S/c1-10(2)9-14-13-15-11-7-5-3-4-6-8-12(11)16-13/h10H,3-9H2,1-2H3,(H,14,15). The molecule has 0 saturated carbocycles. The lowest BCUT2D eigenvalue weighted by Crippen LogP contribution is -2.07. The summed E-state index contributed by atoms with van der Waals surface area (Å²) >= 11 is 1.88. The highest BCUT2D eigenvalue weighted by Gasteiger charge is 2.12. The van der Waals surface area contributed by atoms with E-state index in [2.05, 4.69) is 19.2 Å². The molecule has 1 N–H and O–H groups in total. The molecule has 0 amide bonds. The van der Waals surface area contributed by atoms with Gasteiger partial charge in [-0.2, -0.15) is 0 Å². The van der Waals surface area contributed by atoms with E-state index in [1.807, 2.05) is 11.3 Å². The quantitative estimate of drug-likeness (QED) is 0.864. The molecule has 0 radical (unpaired) electrons. The van der Waals surface area contributed by atoms with Gasteiger partial charge in [0, 0.05) is 11.4 Å². The molecule has 3 heteroatoms. The van der Waals surface area contributed by atoms with E-state index in [1.165, 1.54) is 49.1 Å². The van der Waals surface area contributed by atoms with Crippen molar-refractivity contribution in [2.75, 3.05) is 11.9 Å². The lowest BCUT2D eigenvalue weighted by Gasteiger charge is -2.06. The van der Waals surface area contributed by atoms with Gasteiger partial charge in [0.25, 0.3) is 0 Å². The first-order valence-electron chi connectivity index (χ1n) is 6.48. The van der Waals surface area contributed by atoms with Crippen molar-refractivity contribution in [1.82, 2.24) is 4.98 Å². The second kappa shape index (κ2) is 5.67. The fraction of sp³-hybridized carbons (Fsp3) is 0.769. The van der Waals surface area contributed by atoms with Crippen LogP contribution in [0.3, 0.4) is 0 Å². The second-order valence-corrected chi connectivity index (χ2v) is 6.16. The monoisotopic (exact) mass is 238 g/mol. The normalized spacial score (nSPS) is 16.7. The number of nitrogens with zero attached hydrogens (tertiary/aromatic N) is 1. The van der Waals surface area contributed by atoms with Gasteiger partial charge >= 0.3 is 0 Å². The van der Waals surface area contributed by atoms with E-state index in [-0.39, 0.29) is 0 Å². The Hall–Kier alpha value is -0.570. The molecule has 2 rings (SSSR count). The van der Waals surface area contributed by atoms with E-state index in [9.17, 15) is 0 Å². The molecule has 1 heterocycles. The molecule has 0 fully saturated rings. The zero-order chi connectivity index (χ0) is 11.4. The zero-order valence-electron chi connectivity index (χ0n) is 10.4. The molecular formula is C13H22N2S. The number of hydrogen-bond acceptors (Lipinski definition) is 3. The third kappa shape index (κ3) is 3.21. The van der Waals surface area contributed by atoms with Crippen LogP contribution in [-0.2, 0) is 12.8 Å². The van der Waals surface area contributed by atoms with E-state index >= 15 is 0 Å². The van der Waals surface area contributed by atoms with Crippen molar-refractivity contribution < 1.29 is 0 Å². The number of hydrogen-bond donors (Lipinski definition) is 1. The molecule has 2 nitrogen and oxygen atoms in total. The van der Waals surface area contributed by atoms with E-state index in [1.54, 1.807) is 0 Å². The number of fused-ring (bicyclic) bond motifs is 1. The lowest BCUT2D eigenvalue weighted by atomic mass is 10.0. The molecule has 1 aliphatic carbocycles. The Morgan fingerprint density at radius 2 is 1.94 bits per heavy atom. The van der Waals surface area contributed by atoms with Gasteiger partial charge in [0.05, 0.1) is 5.69 Å². The summed E-state index contributed by atoms with van der Waals surface area (Å²) in [5.74, 6) is 0.687. The molecule has 0 aliphatic heterocycles. The molecule has 1 aliphatic rings. The number of nitrogens with one attached hydrogen (secondary N) is 1. The van der Waals surface area contributed by atoms with Gasteiger partial charge in [-0.15, -0.1) is 11.3 Å². The van der Waals surface area contributed by atoms with Crippen LogP contribution in [0, 0.1) is 5.92 Å². The first-order valence-corrected chi connectivity index (χ1v) is 7.30. The predicted octanol–water partition coefficient (Wildman–Crippen LogP) is 3.87. The van der Waals surface area contributed by atoms with Gasteiger partial charge in [0.2, 0.25) is 0 Å². The maximum Gasteiger partial charge on any atom is 0.183 e. The minimum atomic E-state index is 0.687. The topological polar surface area (TPSA) is 24.9 Å². The predicted molar refractivity (Wildman–Crippen MR) is 71.3 cm³/mol. The van der Waals surface area contributed by atoms with Gasteiger partial charge < -0.3 is 5.32 Å². The molecule has 0 spiro atoms. The lowest BCUT2D eigenvalue weighted by molar-refractivity contribution is 0.615. The largest absolute Gasteiger partial charge is 0.361 e. The fourth-order valence-electron chi connectivity index (χ4n) is 2.07. The SMILES string of the molecule is CC(C)CNc1nc2c(s1)CCCCCC2. The summed E-state index contributed by atoms with van der Waals surface area (Å²) in [4.78, 5) is 6.27. The van der Waals surface area contributed by atoms with Gasteiger partial charge in [-0.25, -0.2) is 4.98 Å². The third-order valence-electron chi connectivity index (χ3n) is 3.01. The number of aromatic nitrogens is 1. The Labute approximate surface area is 102 Å². The molecule has 0 bridgehead atoms. The second-order valence-electron chi connectivity index (χ2n) is 5.08. The highest BCUT2D eigenvalue weighted by atomic mass is 32.1. The van der Waals surface area contributed by atoms with Gasteiger partial charge in [-0.1, -0.05) is 26.7 Å². The Kier molecular flexibility index (Phi) is 4.22. The van der Waals surface area contributed by atoms with Crippen LogP contribution in [0.15, 0.2) is 0 Å². The van der Waals surface area contributed by atoms with Crippen LogP contribution in [0.2, 0.25) is 0 Å². The van der Waals surface area contributed by atoms with Crippen LogP contribution in [0.25, 0.3) is 0 Å². The Morgan fingerprint density at radius 3 is 2.69 bits per heavy atom. The van der Waals surface area contributed by atoms with Crippen LogP contribution in [-0.4, -0.2) is 11.5 Å². The average molecular weight is 238 g/mol. The zero-order valence-corrected chi connectivity index (χ0v) is 11.2. The molecular weight excluding hydrogens is 216 g/mol. The van der Waals surface area contributed by atoms with Crippen molar-refractivity contribution in [3.05, 3.63) is 10.6 Å². The highest BCUT2D eigenvalue weighted by molar-refractivity contribution is 7.15. The van der Waals surface area contributed by atoms with E-state index in [0.29, 0.717) is 5.92 Å². The first-order chi connectivity index (χ1) is 7.75. The van der Waals surface area contributed by atoms with Crippen LogP contribution in [0.1, 0.15) is 50.1 Å². The van der Waals surface area contributed by atoms with Crippen LogP contribution >= 0.6 is 11.3 Å². The smallest absolute Gasteiger partial charge is 0.183 e. The van der Waals surface area contributed by atoms with Crippen LogP contribution in [0.5, 0.6) is 0 Å². The minimum Gasteiger partial charge on any atom is -0.361 e. The number of rotatable bonds is 3. The average Bonchev–Trinajstić information content (AvgIpc) is 2.57. The summed E-state index contributed by atoms with van der Waals surface area (Å²) in [6.07, 6.45) is 7.88. The molecule has 0 unspecified atom stereocenters. The van der Waals surface area contributed by atoms with Crippen LogP contribution < -0.4 is 5.32 Å². The number of aryl methyl sites for hydroxylation is 2. The Bertz CT molecular complexity index is 305. The van der Waals surface area contributed by atoms with Crippen molar-refractivity contribution in [1.29, 1.82) is 0 Å². The summed E-state index contributed by atoms with van der Waals surface area (Å²) in [7, 11) is 0. The van der Waals surface area contributed by atoms with Crippen molar-refractivity contribution in [3.63, 3.8) is 0 Å². The van der Waals surface area contributed by atoms with Gasteiger partial charge in [0.15, 0.2) is 5.13 Å². The van der Waals surface area contributed by atoms with Crippen molar-refractivity contribution >= 4 is 16.5 Å². The van der Waals surface area contributed by atoms with Gasteiger partial charge in [-0.05, 0) is 31.6 Å². The molecule has 1 aromatic rings. The molecule has 1 aromatic heterocycles. The third-order valence-corrected chi connectivity index (χ3v) is 4.12. The van der Waals surface area contributed by atoms with E-state index < -0.39 is 0 Å². The summed E-state index contributed by atoms with van der Waals surface area (Å²) in [6.45, 7) is 5.50. The summed E-state index contributed by atoms with van der Waals surface area (Å²) in [5.41, 5.74) is 1.37. The van der Waals surface area contributed by atoms with Crippen LogP contribution in [0.4, 0.5) is 5.13 Å². The summed E-state index contributed by atoms with van der Waals surface area (Å²) in [6, 6.07) is 0. The molecule has 0 atom stereocenters. The Balaban J connectivity index is 2.02. The van der Waals surface area contributed by atoms with Crippen molar-refractivity contribution in [2.45, 2.75) is 52.4 Å². The van der Waals surface area contributed by atoms with E-state index in [0.717, 1.165) is 11.7 Å². The molecule has 16 heavy (non-hydrogen) atoms.